The number of hydrogen-bond acceptors (Lipinski definition) is 1. The van der Waals surface area contributed by atoms with Gasteiger partial charge in [0.15, 0.2) is 5.78 Å². The van der Waals surface area contributed by atoms with E-state index in [4.69, 9.17) is 11.6 Å². The van der Waals surface area contributed by atoms with Gasteiger partial charge in [-0.15, -0.1) is 0 Å². The first-order chi connectivity index (χ1) is 8.70. The van der Waals surface area contributed by atoms with Gasteiger partial charge in [-0.05, 0) is 60.4 Å². The van der Waals surface area contributed by atoms with Crippen molar-refractivity contribution in [2.75, 3.05) is 0 Å². The lowest BCUT2D eigenvalue weighted by molar-refractivity contribution is -0.118. The number of benzene rings is 1. The van der Waals surface area contributed by atoms with Crippen LogP contribution in [-0.2, 0) is 11.2 Å². The molecule has 1 aromatic rings. The van der Waals surface area contributed by atoms with Crippen molar-refractivity contribution < 1.29 is 4.79 Å². The minimum absolute atomic E-state index is 0.300. The fraction of sp³-hybridized carbons (Fsp3) is 0.438. The van der Waals surface area contributed by atoms with Crippen LogP contribution in [0.2, 0.25) is 5.02 Å². The quantitative estimate of drug-likeness (QED) is 0.725. The fourth-order valence-corrected chi connectivity index (χ4v) is 3.58. The van der Waals surface area contributed by atoms with Crippen LogP contribution in [0, 0.1) is 11.8 Å². The lowest BCUT2D eigenvalue weighted by Crippen LogP contribution is -2.12. The number of allylic oxidation sites excluding steroid dienone is 1. The molecule has 2 atom stereocenters. The molecule has 1 nitrogen and oxygen atoms in total. The minimum Gasteiger partial charge on any atom is -0.294 e. The van der Waals surface area contributed by atoms with E-state index in [2.05, 4.69) is 19.1 Å². The molecule has 2 unspecified atom stereocenters. The SMILES string of the molecule is CCc1cccc(Cl)c1/C=C1\C(=O)C2CCC1C2. The molecule has 2 saturated carbocycles. The van der Waals surface area contributed by atoms with Gasteiger partial charge in [0, 0.05) is 10.9 Å². The summed E-state index contributed by atoms with van der Waals surface area (Å²) in [4.78, 5) is 12.2. The van der Waals surface area contributed by atoms with Gasteiger partial charge in [0.2, 0.25) is 0 Å². The predicted octanol–water partition coefficient (Wildman–Crippen LogP) is 4.28. The Bertz CT molecular complexity index is 530. The molecule has 3 rings (SSSR count). The van der Waals surface area contributed by atoms with Gasteiger partial charge >= 0.3 is 0 Å². The lowest BCUT2D eigenvalue weighted by atomic mass is 9.91. The number of Topliss-reactive ketones (excluding diaryl/α,β-unsaturated/α-hetero) is 1. The topological polar surface area (TPSA) is 17.1 Å². The van der Waals surface area contributed by atoms with Gasteiger partial charge in [0.1, 0.15) is 0 Å². The van der Waals surface area contributed by atoms with Gasteiger partial charge < -0.3 is 0 Å². The van der Waals surface area contributed by atoms with Crippen LogP contribution in [-0.4, -0.2) is 5.78 Å². The zero-order valence-electron chi connectivity index (χ0n) is 10.6. The average molecular weight is 261 g/mol. The molecule has 2 bridgehead atoms. The summed E-state index contributed by atoms with van der Waals surface area (Å²) in [5.41, 5.74) is 3.30. The van der Waals surface area contributed by atoms with Crippen LogP contribution in [0.25, 0.3) is 6.08 Å². The highest BCUT2D eigenvalue weighted by Crippen LogP contribution is 2.46. The molecule has 2 aliphatic carbocycles. The van der Waals surface area contributed by atoms with Crippen molar-refractivity contribution in [1.82, 2.24) is 0 Å². The molecule has 18 heavy (non-hydrogen) atoms. The number of ketones is 1. The van der Waals surface area contributed by atoms with Gasteiger partial charge in [-0.3, -0.25) is 4.79 Å². The number of carbonyl (C=O) groups excluding carboxylic acids is 1. The van der Waals surface area contributed by atoms with E-state index < -0.39 is 0 Å². The van der Waals surface area contributed by atoms with E-state index in [1.807, 2.05) is 12.1 Å². The van der Waals surface area contributed by atoms with E-state index in [0.717, 1.165) is 35.4 Å². The van der Waals surface area contributed by atoms with Gasteiger partial charge in [-0.1, -0.05) is 30.7 Å². The molecular weight excluding hydrogens is 244 g/mol. The van der Waals surface area contributed by atoms with Crippen LogP contribution in [0.3, 0.4) is 0 Å². The Morgan fingerprint density at radius 1 is 1.33 bits per heavy atom. The standard InChI is InChI=1S/C16H17ClO/c1-2-10-4-3-5-15(17)13(10)9-14-11-6-7-12(8-11)16(14)18/h3-5,9,11-12H,2,6-8H2,1H3/b14-9-. The molecule has 2 aliphatic rings. The molecule has 0 heterocycles. The largest absolute Gasteiger partial charge is 0.294 e. The molecule has 0 aromatic heterocycles. The Morgan fingerprint density at radius 3 is 2.78 bits per heavy atom. The Morgan fingerprint density at radius 2 is 2.11 bits per heavy atom. The second-order valence-electron chi connectivity index (χ2n) is 5.34. The van der Waals surface area contributed by atoms with Gasteiger partial charge in [-0.2, -0.15) is 0 Å². The molecule has 2 fully saturated rings. The molecule has 0 spiro atoms. The summed E-state index contributed by atoms with van der Waals surface area (Å²) >= 11 is 6.28. The number of carbonyl (C=O) groups is 1. The van der Waals surface area contributed by atoms with Crippen LogP contribution < -0.4 is 0 Å². The summed E-state index contributed by atoms with van der Waals surface area (Å²) < 4.78 is 0. The monoisotopic (exact) mass is 260 g/mol. The number of aryl methyl sites for hydroxylation is 1. The fourth-order valence-electron chi connectivity index (χ4n) is 3.34. The van der Waals surface area contributed by atoms with Gasteiger partial charge in [-0.25, -0.2) is 0 Å². The summed E-state index contributed by atoms with van der Waals surface area (Å²) in [6.07, 6.45) is 6.34. The van der Waals surface area contributed by atoms with Crippen LogP contribution in [0.4, 0.5) is 0 Å². The van der Waals surface area contributed by atoms with E-state index >= 15 is 0 Å². The summed E-state index contributed by atoms with van der Waals surface area (Å²) in [5.74, 6) is 1.16. The number of rotatable bonds is 2. The maximum absolute atomic E-state index is 12.2. The Labute approximate surface area is 113 Å². The third-order valence-electron chi connectivity index (χ3n) is 4.35. The van der Waals surface area contributed by atoms with E-state index in [-0.39, 0.29) is 0 Å². The Hall–Kier alpha value is -1.08. The molecule has 1 aromatic carbocycles. The summed E-state index contributed by atoms with van der Waals surface area (Å²) in [7, 11) is 0. The molecule has 0 amide bonds. The molecule has 94 valence electrons. The van der Waals surface area contributed by atoms with Crippen LogP contribution in [0.5, 0.6) is 0 Å². The van der Waals surface area contributed by atoms with E-state index in [0.29, 0.717) is 17.6 Å². The molecule has 2 heteroatoms. The second-order valence-corrected chi connectivity index (χ2v) is 5.74. The van der Waals surface area contributed by atoms with Crippen molar-refractivity contribution >= 4 is 23.5 Å². The number of halogens is 1. The third-order valence-corrected chi connectivity index (χ3v) is 4.68. The number of hydrogen-bond donors (Lipinski definition) is 0. The molecule has 0 aliphatic heterocycles. The molecule has 0 N–H and O–H groups in total. The summed E-state index contributed by atoms with van der Waals surface area (Å²) in [6.45, 7) is 2.12. The van der Waals surface area contributed by atoms with Gasteiger partial charge in [0.05, 0.1) is 0 Å². The van der Waals surface area contributed by atoms with Crippen molar-refractivity contribution in [3.05, 3.63) is 39.9 Å². The zero-order chi connectivity index (χ0) is 12.7. The number of fused-ring (bicyclic) bond motifs is 2. The van der Waals surface area contributed by atoms with E-state index in [9.17, 15) is 4.79 Å². The van der Waals surface area contributed by atoms with Crippen LogP contribution >= 0.6 is 11.6 Å². The van der Waals surface area contributed by atoms with E-state index in [1.165, 1.54) is 12.0 Å². The van der Waals surface area contributed by atoms with Crippen molar-refractivity contribution in [3.63, 3.8) is 0 Å². The lowest BCUT2D eigenvalue weighted by Gasteiger charge is -2.14. The smallest absolute Gasteiger partial charge is 0.162 e. The van der Waals surface area contributed by atoms with E-state index in [1.54, 1.807) is 0 Å². The van der Waals surface area contributed by atoms with Crippen LogP contribution in [0.15, 0.2) is 23.8 Å². The highest BCUT2D eigenvalue weighted by atomic mass is 35.5. The molecule has 0 saturated heterocycles. The highest BCUT2D eigenvalue weighted by Gasteiger charge is 2.42. The normalized spacial score (nSPS) is 28.3. The average Bonchev–Trinajstić information content (AvgIpc) is 2.95. The second kappa shape index (κ2) is 4.55. The van der Waals surface area contributed by atoms with Crippen molar-refractivity contribution in [3.8, 4) is 0 Å². The Kier molecular flexibility index (Phi) is 3.03. The first kappa shape index (κ1) is 12.0. The Balaban J connectivity index is 2.04. The third kappa shape index (κ3) is 1.81. The van der Waals surface area contributed by atoms with Crippen molar-refractivity contribution in [2.24, 2.45) is 11.8 Å². The van der Waals surface area contributed by atoms with Gasteiger partial charge in [0.25, 0.3) is 0 Å². The van der Waals surface area contributed by atoms with Crippen molar-refractivity contribution in [1.29, 1.82) is 0 Å². The zero-order valence-corrected chi connectivity index (χ0v) is 11.3. The predicted molar refractivity (Wildman–Crippen MR) is 74.6 cm³/mol. The first-order valence-corrected chi connectivity index (χ1v) is 7.11. The molecule has 0 radical (unpaired) electrons. The highest BCUT2D eigenvalue weighted by molar-refractivity contribution is 6.32. The summed E-state index contributed by atoms with van der Waals surface area (Å²) in [6, 6.07) is 5.98. The maximum Gasteiger partial charge on any atom is 0.162 e. The molecular formula is C16H17ClO. The van der Waals surface area contributed by atoms with Crippen molar-refractivity contribution in [2.45, 2.75) is 32.6 Å². The van der Waals surface area contributed by atoms with Crippen LogP contribution in [0.1, 0.15) is 37.3 Å². The minimum atomic E-state index is 0.300. The summed E-state index contributed by atoms with van der Waals surface area (Å²) in [5, 5.41) is 0.762. The first-order valence-electron chi connectivity index (χ1n) is 6.74. The maximum atomic E-state index is 12.2.